The van der Waals surface area contributed by atoms with Crippen molar-refractivity contribution in [1.29, 1.82) is 0 Å². The molecule has 1 aromatic heterocycles. The number of carbonyl (C=O) groups excluding carboxylic acids is 1. The summed E-state index contributed by atoms with van der Waals surface area (Å²) in [4.78, 5) is 33.9. The highest BCUT2D eigenvalue weighted by Gasteiger charge is 2.29. The predicted molar refractivity (Wildman–Crippen MR) is 88.3 cm³/mol. The molecule has 0 spiro atoms. The van der Waals surface area contributed by atoms with Crippen LogP contribution in [0.4, 0.5) is 0 Å². The number of aliphatic carboxylic acids is 1. The van der Waals surface area contributed by atoms with Crippen molar-refractivity contribution in [3.05, 3.63) is 22.7 Å². The topological polar surface area (TPSA) is 92.6 Å². The quantitative estimate of drug-likeness (QED) is 0.842. The number of hydrogen-bond acceptors (Lipinski definition) is 5. The Kier molecular flexibility index (Phi) is 6.51. The second-order valence-corrected chi connectivity index (χ2v) is 6.47. The van der Waals surface area contributed by atoms with Crippen molar-refractivity contribution in [1.82, 2.24) is 14.9 Å². The Morgan fingerprint density at radius 1 is 1.42 bits per heavy atom. The number of halogens is 1. The van der Waals surface area contributed by atoms with E-state index < -0.39 is 5.97 Å². The summed E-state index contributed by atoms with van der Waals surface area (Å²) in [6, 6.07) is -0.0702. The largest absolute Gasteiger partial charge is 0.481 e. The van der Waals surface area contributed by atoms with Gasteiger partial charge in [0.2, 0.25) is 0 Å². The summed E-state index contributed by atoms with van der Waals surface area (Å²) in [5, 5.41) is 9.15. The molecule has 0 unspecified atom stereocenters. The normalized spacial score (nSPS) is 15.5. The van der Waals surface area contributed by atoms with Gasteiger partial charge in [-0.1, -0.05) is 25.4 Å². The van der Waals surface area contributed by atoms with E-state index in [9.17, 15) is 9.59 Å². The van der Waals surface area contributed by atoms with Crippen LogP contribution in [0.25, 0.3) is 0 Å². The molecular formula is C16H22ClN3O4. The Bertz CT molecular complexity index is 603. The number of rotatable bonds is 6. The van der Waals surface area contributed by atoms with E-state index in [1.54, 1.807) is 4.90 Å². The molecule has 24 heavy (non-hydrogen) atoms. The molecule has 2 rings (SSSR count). The van der Waals surface area contributed by atoms with Crippen molar-refractivity contribution in [2.75, 3.05) is 19.8 Å². The third-order valence-electron chi connectivity index (χ3n) is 3.94. The minimum Gasteiger partial charge on any atom is -0.481 e. The van der Waals surface area contributed by atoms with Gasteiger partial charge in [-0.3, -0.25) is 9.59 Å². The van der Waals surface area contributed by atoms with E-state index >= 15 is 0 Å². The first-order valence-corrected chi connectivity index (χ1v) is 8.41. The fourth-order valence-electron chi connectivity index (χ4n) is 2.61. The van der Waals surface area contributed by atoms with Crippen LogP contribution in [-0.4, -0.2) is 57.7 Å². The van der Waals surface area contributed by atoms with Gasteiger partial charge >= 0.3 is 5.97 Å². The maximum absolute atomic E-state index is 13.0. The molecule has 1 saturated heterocycles. The lowest BCUT2D eigenvalue weighted by molar-refractivity contribution is -0.137. The molecule has 1 aromatic rings. The van der Waals surface area contributed by atoms with E-state index in [1.807, 2.05) is 13.8 Å². The number of carboxylic acids is 1. The number of amides is 1. The highest BCUT2D eigenvalue weighted by molar-refractivity contribution is 6.33. The van der Waals surface area contributed by atoms with Crippen LogP contribution >= 0.6 is 11.6 Å². The van der Waals surface area contributed by atoms with E-state index in [1.165, 1.54) is 6.20 Å². The Morgan fingerprint density at radius 2 is 2.08 bits per heavy atom. The highest BCUT2D eigenvalue weighted by atomic mass is 35.5. The Morgan fingerprint density at radius 3 is 2.67 bits per heavy atom. The summed E-state index contributed by atoms with van der Waals surface area (Å²) >= 11 is 6.13. The Hall–Kier alpha value is -1.73. The number of ether oxygens (including phenoxy) is 1. The highest BCUT2D eigenvalue weighted by Crippen LogP contribution is 2.22. The van der Waals surface area contributed by atoms with Crippen LogP contribution in [0, 0.1) is 0 Å². The van der Waals surface area contributed by atoms with Gasteiger partial charge in [-0.15, -0.1) is 0 Å². The van der Waals surface area contributed by atoms with E-state index in [-0.39, 0.29) is 41.5 Å². The minimum atomic E-state index is -0.948. The van der Waals surface area contributed by atoms with Gasteiger partial charge in [-0.2, -0.15) is 0 Å². The van der Waals surface area contributed by atoms with Gasteiger partial charge < -0.3 is 14.7 Å². The van der Waals surface area contributed by atoms with Crippen molar-refractivity contribution in [2.45, 2.75) is 45.1 Å². The molecular weight excluding hydrogens is 334 g/mol. The third-order valence-corrected chi connectivity index (χ3v) is 4.22. The van der Waals surface area contributed by atoms with Crippen LogP contribution in [-0.2, 0) is 9.53 Å². The van der Waals surface area contributed by atoms with E-state index in [2.05, 4.69) is 9.97 Å². The fourth-order valence-corrected chi connectivity index (χ4v) is 2.78. The molecule has 0 bridgehead atoms. The zero-order chi connectivity index (χ0) is 17.7. The molecule has 1 fully saturated rings. The average molecular weight is 356 g/mol. The number of carboxylic acid groups (broad SMARTS) is 1. The molecule has 0 aromatic carbocycles. The smallest absolute Gasteiger partial charge is 0.305 e. The molecule has 2 heterocycles. The predicted octanol–water partition coefficient (Wildman–Crippen LogP) is 2.35. The lowest BCUT2D eigenvalue weighted by atomic mass is 10.1. The van der Waals surface area contributed by atoms with Gasteiger partial charge in [0.25, 0.3) is 5.91 Å². The maximum Gasteiger partial charge on any atom is 0.305 e. The fraction of sp³-hybridized carbons (Fsp3) is 0.625. The van der Waals surface area contributed by atoms with Gasteiger partial charge in [-0.25, -0.2) is 9.97 Å². The summed E-state index contributed by atoms with van der Waals surface area (Å²) in [6.45, 7) is 5.08. The summed E-state index contributed by atoms with van der Waals surface area (Å²) in [7, 11) is 0. The molecule has 1 aliphatic rings. The van der Waals surface area contributed by atoms with Crippen molar-refractivity contribution in [3.8, 4) is 0 Å². The summed E-state index contributed by atoms with van der Waals surface area (Å²) in [5.41, 5.74) is 0.132. The maximum atomic E-state index is 13.0. The van der Waals surface area contributed by atoms with Crippen LogP contribution in [0.5, 0.6) is 0 Å². The van der Waals surface area contributed by atoms with Crippen molar-refractivity contribution >= 4 is 23.5 Å². The van der Waals surface area contributed by atoms with Crippen molar-refractivity contribution in [3.63, 3.8) is 0 Å². The molecule has 0 atom stereocenters. The SMILES string of the molecule is CC(C)c1ncc(Cl)c(C(=O)N(CCC(=O)O)C2CCOCC2)n1. The molecule has 8 heteroatoms. The zero-order valence-electron chi connectivity index (χ0n) is 13.9. The van der Waals surface area contributed by atoms with Crippen LogP contribution in [0.3, 0.4) is 0 Å². The molecule has 0 aliphatic carbocycles. The van der Waals surface area contributed by atoms with Crippen LogP contribution in [0.15, 0.2) is 6.20 Å². The standard InChI is InChI=1S/C16H22ClN3O4/c1-10(2)15-18-9-12(17)14(19-15)16(23)20(6-3-13(21)22)11-4-7-24-8-5-11/h9-11H,3-8H2,1-2H3,(H,21,22). The summed E-state index contributed by atoms with van der Waals surface area (Å²) < 4.78 is 5.33. The van der Waals surface area contributed by atoms with Crippen LogP contribution in [0.2, 0.25) is 5.02 Å². The third kappa shape index (κ3) is 4.64. The molecule has 0 radical (unpaired) electrons. The first-order chi connectivity index (χ1) is 11.4. The van der Waals surface area contributed by atoms with Crippen molar-refractivity contribution < 1.29 is 19.4 Å². The second-order valence-electron chi connectivity index (χ2n) is 6.07. The van der Waals surface area contributed by atoms with Gasteiger partial charge in [0, 0.05) is 31.7 Å². The number of carbonyl (C=O) groups is 2. The minimum absolute atomic E-state index is 0.0596. The number of hydrogen-bond donors (Lipinski definition) is 1. The molecule has 7 nitrogen and oxygen atoms in total. The molecule has 0 saturated carbocycles. The monoisotopic (exact) mass is 355 g/mol. The van der Waals surface area contributed by atoms with Crippen LogP contribution in [0.1, 0.15) is 55.3 Å². The van der Waals surface area contributed by atoms with E-state index in [4.69, 9.17) is 21.4 Å². The zero-order valence-corrected chi connectivity index (χ0v) is 14.6. The van der Waals surface area contributed by atoms with E-state index in [0.717, 1.165) is 0 Å². The van der Waals surface area contributed by atoms with E-state index in [0.29, 0.717) is 31.9 Å². The second kappa shape index (κ2) is 8.39. The van der Waals surface area contributed by atoms with Gasteiger partial charge in [-0.05, 0) is 12.8 Å². The van der Waals surface area contributed by atoms with Gasteiger partial charge in [0.1, 0.15) is 5.82 Å². The molecule has 1 amide bonds. The molecule has 132 valence electrons. The molecule has 1 aliphatic heterocycles. The van der Waals surface area contributed by atoms with Gasteiger partial charge in [0.15, 0.2) is 5.69 Å². The van der Waals surface area contributed by atoms with Crippen molar-refractivity contribution in [2.24, 2.45) is 0 Å². The Labute approximate surface area is 146 Å². The Balaban J connectivity index is 2.28. The average Bonchev–Trinajstić information content (AvgIpc) is 2.55. The number of aromatic nitrogens is 2. The summed E-state index contributed by atoms with van der Waals surface area (Å²) in [6.07, 6.45) is 2.65. The summed E-state index contributed by atoms with van der Waals surface area (Å²) in [5.74, 6) is -0.703. The lowest BCUT2D eigenvalue weighted by Crippen LogP contribution is -2.45. The molecule has 1 N–H and O–H groups in total. The first kappa shape index (κ1) is 18.6. The lowest BCUT2D eigenvalue weighted by Gasteiger charge is -2.34. The van der Waals surface area contributed by atoms with Gasteiger partial charge in [0.05, 0.1) is 17.6 Å². The number of nitrogens with zero attached hydrogens (tertiary/aromatic N) is 3. The van der Waals surface area contributed by atoms with Crippen LogP contribution < -0.4 is 0 Å². The first-order valence-electron chi connectivity index (χ1n) is 8.03.